The summed E-state index contributed by atoms with van der Waals surface area (Å²) in [4.78, 5) is 49.8. The molecule has 13 heteroatoms. The quantitative estimate of drug-likeness (QED) is 0.152. The molecule has 0 aliphatic rings. The van der Waals surface area contributed by atoms with Crippen molar-refractivity contribution in [3.8, 4) is 0 Å². The number of carbonyl (C=O) groups excluding carboxylic acids is 3. The van der Waals surface area contributed by atoms with Gasteiger partial charge in [0.15, 0.2) is 0 Å². The van der Waals surface area contributed by atoms with Crippen LogP contribution in [0.1, 0.15) is 61.1 Å². The summed E-state index contributed by atoms with van der Waals surface area (Å²) in [5, 5.41) is 28.1. The van der Waals surface area contributed by atoms with Gasteiger partial charge in [0.25, 0.3) is 13.5 Å². The van der Waals surface area contributed by atoms with Crippen molar-refractivity contribution in [2.24, 2.45) is 0 Å². The fourth-order valence-electron chi connectivity index (χ4n) is 3.96. The van der Waals surface area contributed by atoms with E-state index >= 15 is 0 Å². The van der Waals surface area contributed by atoms with Crippen molar-refractivity contribution in [2.75, 3.05) is 0 Å². The van der Waals surface area contributed by atoms with Gasteiger partial charge in [-0.2, -0.15) is 0 Å². The van der Waals surface area contributed by atoms with Crippen molar-refractivity contribution in [3.63, 3.8) is 0 Å². The van der Waals surface area contributed by atoms with Gasteiger partial charge in [-0.3, -0.25) is 19.2 Å². The highest BCUT2D eigenvalue weighted by molar-refractivity contribution is 7.10. The molecule has 2 aromatic rings. The summed E-state index contributed by atoms with van der Waals surface area (Å²) in [6.45, 7) is 1.16. The summed E-state index contributed by atoms with van der Waals surface area (Å²) in [6.07, 6.45) is 4.01. The maximum Gasteiger partial charge on any atom is 0.380 e. The average Bonchev–Trinajstić information content (AvgIpc) is 3.57. The van der Waals surface area contributed by atoms with Crippen molar-refractivity contribution in [2.45, 2.75) is 82.9 Å². The Balaban J connectivity index is 1.74. The lowest BCUT2D eigenvalue weighted by molar-refractivity contribution is -0.137. The number of carboxylic acids is 1. The lowest BCUT2D eigenvalue weighted by atomic mass is 9.61. The molecule has 2 aromatic heterocycles. The van der Waals surface area contributed by atoms with Gasteiger partial charge in [0.05, 0.1) is 12.8 Å². The van der Waals surface area contributed by atoms with E-state index in [4.69, 9.17) is 9.76 Å². The van der Waals surface area contributed by atoms with Crippen molar-refractivity contribution in [1.82, 2.24) is 10.6 Å². The third-order valence-electron chi connectivity index (χ3n) is 5.98. The SMILES string of the molecule is CB(OC(=O)CCCCC(BO)NC(=O)Cc1cccs1)C(CCCCC(=O)O)NC(=O)Cc1cccs1. The van der Waals surface area contributed by atoms with E-state index in [-0.39, 0.29) is 56.9 Å². The number of nitrogens with one attached hydrogen (secondary N) is 2. The predicted molar refractivity (Wildman–Crippen MR) is 152 cm³/mol. The average molecular weight is 562 g/mol. The number of carboxylic acid groups (broad SMARTS) is 1. The van der Waals surface area contributed by atoms with E-state index in [1.807, 2.05) is 35.0 Å². The summed E-state index contributed by atoms with van der Waals surface area (Å²) >= 11 is 3.00. The van der Waals surface area contributed by atoms with Crippen LogP contribution >= 0.6 is 22.7 Å². The first kappa shape index (κ1) is 31.6. The Bertz CT molecular complexity index is 990. The van der Waals surface area contributed by atoms with Crippen molar-refractivity contribution in [3.05, 3.63) is 44.8 Å². The van der Waals surface area contributed by atoms with Crippen molar-refractivity contribution in [1.29, 1.82) is 0 Å². The van der Waals surface area contributed by atoms with Crippen LogP contribution in [0.15, 0.2) is 35.0 Å². The van der Waals surface area contributed by atoms with Crippen LogP contribution in [-0.4, -0.2) is 60.2 Å². The molecule has 0 aromatic carbocycles. The highest BCUT2D eigenvalue weighted by atomic mass is 32.1. The van der Waals surface area contributed by atoms with Crippen LogP contribution in [0.4, 0.5) is 0 Å². The summed E-state index contributed by atoms with van der Waals surface area (Å²) in [7, 11) is -0.174. The third-order valence-corrected chi connectivity index (χ3v) is 7.74. The molecule has 0 radical (unpaired) electrons. The minimum atomic E-state index is -0.867. The van der Waals surface area contributed by atoms with E-state index in [0.29, 0.717) is 38.5 Å². The molecule has 0 saturated carbocycles. The van der Waals surface area contributed by atoms with E-state index in [2.05, 4.69) is 10.6 Å². The van der Waals surface area contributed by atoms with Crippen LogP contribution in [-0.2, 0) is 36.7 Å². The van der Waals surface area contributed by atoms with Gasteiger partial charge < -0.3 is 25.4 Å². The van der Waals surface area contributed by atoms with Crippen LogP contribution in [0.5, 0.6) is 0 Å². The minimum absolute atomic E-state index is 0.0490. The van der Waals surface area contributed by atoms with E-state index in [1.54, 1.807) is 6.82 Å². The molecule has 0 aliphatic carbocycles. The molecule has 0 aliphatic heterocycles. The first-order chi connectivity index (χ1) is 18.3. The Morgan fingerprint density at radius 2 is 1.50 bits per heavy atom. The number of hydrogen-bond acceptors (Lipinski definition) is 8. The second-order valence-corrected chi connectivity index (χ2v) is 11.3. The largest absolute Gasteiger partial charge is 0.534 e. The molecule has 0 spiro atoms. The number of thiophene rings is 2. The number of aliphatic carboxylic acids is 1. The summed E-state index contributed by atoms with van der Waals surface area (Å²) < 4.78 is 5.60. The number of amides is 2. The van der Waals surface area contributed by atoms with Gasteiger partial charge in [0, 0.05) is 34.5 Å². The lowest BCUT2D eigenvalue weighted by Gasteiger charge is -2.23. The van der Waals surface area contributed by atoms with Crippen molar-refractivity contribution < 1.29 is 34.0 Å². The summed E-state index contributed by atoms with van der Waals surface area (Å²) in [6, 6.07) is 7.53. The van der Waals surface area contributed by atoms with Gasteiger partial charge in [0.2, 0.25) is 11.8 Å². The molecule has 2 unspecified atom stereocenters. The molecular weight excluding hydrogens is 526 g/mol. The standard InChI is InChI=1S/C25H36B2N2O7S2/c1-27(21(11-3-4-12-24(32)33)29-23(31)17-19-9-7-15-38-19)36-25(34)13-5-2-10-20(26-35)28-22(30)16-18-8-6-14-37-18/h6-9,14-15,20-21,26,35H,2-5,10-13,16-17H2,1H3,(H,28,30)(H,29,31)(H,32,33). The molecule has 38 heavy (non-hydrogen) atoms. The molecule has 0 saturated heterocycles. The predicted octanol–water partition coefficient (Wildman–Crippen LogP) is 2.77. The first-order valence-corrected chi connectivity index (χ1v) is 14.7. The van der Waals surface area contributed by atoms with E-state index in [0.717, 1.165) is 9.75 Å². The van der Waals surface area contributed by atoms with Gasteiger partial charge in [-0.15, -0.1) is 22.7 Å². The van der Waals surface area contributed by atoms with Gasteiger partial charge in [-0.25, -0.2) is 0 Å². The van der Waals surface area contributed by atoms with E-state index < -0.39 is 18.8 Å². The van der Waals surface area contributed by atoms with Gasteiger partial charge >= 0.3 is 12.9 Å². The summed E-state index contributed by atoms with van der Waals surface area (Å²) in [5.41, 5.74) is 0. The van der Waals surface area contributed by atoms with Crippen LogP contribution in [0.2, 0.25) is 6.82 Å². The molecule has 0 fully saturated rings. The van der Waals surface area contributed by atoms with Crippen LogP contribution < -0.4 is 10.6 Å². The molecule has 2 atom stereocenters. The third kappa shape index (κ3) is 13.3. The monoisotopic (exact) mass is 562 g/mol. The Morgan fingerprint density at radius 3 is 2.05 bits per heavy atom. The van der Waals surface area contributed by atoms with Crippen LogP contribution in [0.25, 0.3) is 0 Å². The van der Waals surface area contributed by atoms with Crippen LogP contribution in [0.3, 0.4) is 0 Å². The molecule has 0 bridgehead atoms. The second-order valence-electron chi connectivity index (χ2n) is 9.21. The summed E-state index contributed by atoms with van der Waals surface area (Å²) in [5.74, 6) is -2.36. The van der Waals surface area contributed by atoms with Crippen LogP contribution in [0, 0.1) is 0 Å². The number of hydrogen-bond donors (Lipinski definition) is 4. The minimum Gasteiger partial charge on any atom is -0.534 e. The Morgan fingerprint density at radius 1 is 0.921 bits per heavy atom. The highest BCUT2D eigenvalue weighted by Crippen LogP contribution is 2.13. The van der Waals surface area contributed by atoms with E-state index in [1.165, 1.54) is 22.7 Å². The maximum absolute atomic E-state index is 12.5. The van der Waals surface area contributed by atoms with Crippen molar-refractivity contribution >= 4 is 60.8 Å². The maximum atomic E-state index is 12.5. The second kappa shape index (κ2) is 17.8. The smallest absolute Gasteiger partial charge is 0.380 e. The Kier molecular flexibility index (Phi) is 14.8. The lowest BCUT2D eigenvalue weighted by Crippen LogP contribution is -2.47. The van der Waals surface area contributed by atoms with Gasteiger partial charge in [-0.05, 0) is 55.4 Å². The Hall–Kier alpha value is -2.63. The molecule has 4 N–H and O–H groups in total. The molecule has 2 rings (SSSR count). The van der Waals surface area contributed by atoms with Gasteiger partial charge in [0.1, 0.15) is 0 Å². The Labute approximate surface area is 232 Å². The molecule has 2 amide bonds. The zero-order valence-electron chi connectivity index (χ0n) is 21.7. The molecule has 2 heterocycles. The molecular formula is C25H36B2N2O7S2. The molecule has 206 valence electrons. The fraction of sp³-hybridized carbons (Fsp3) is 0.520. The number of rotatable bonds is 19. The van der Waals surface area contributed by atoms with E-state index in [9.17, 15) is 24.2 Å². The fourth-order valence-corrected chi connectivity index (χ4v) is 5.37. The van der Waals surface area contributed by atoms with Gasteiger partial charge in [-0.1, -0.05) is 25.0 Å². The topological polar surface area (TPSA) is 142 Å². The number of carbonyl (C=O) groups is 4. The zero-order chi connectivity index (χ0) is 27.8. The normalized spacial score (nSPS) is 12.3. The highest BCUT2D eigenvalue weighted by Gasteiger charge is 2.28. The first-order valence-electron chi connectivity index (χ1n) is 12.9. The molecule has 9 nitrogen and oxygen atoms in total. The zero-order valence-corrected chi connectivity index (χ0v) is 23.4. The number of unbranched alkanes of at least 4 members (excludes halogenated alkanes) is 2.